The average Bonchev–Trinajstić information content (AvgIpc) is 2.37. The Hall–Kier alpha value is -1.62. The number of rotatable bonds is 4. The highest BCUT2D eigenvalue weighted by Gasteiger charge is 2.12. The number of hydrogen-bond donors (Lipinski definition) is 1. The molecule has 2 aromatic rings. The highest BCUT2D eigenvalue weighted by atomic mass is 32.2. The van der Waals surface area contributed by atoms with Crippen molar-refractivity contribution in [1.29, 1.82) is 0 Å². The zero-order chi connectivity index (χ0) is 14.7. The molecule has 5 heteroatoms. The molecule has 0 aliphatic rings. The van der Waals surface area contributed by atoms with Gasteiger partial charge in [-0.25, -0.2) is 14.4 Å². The molecule has 1 aromatic heterocycles. The molecule has 0 saturated carbocycles. The first-order valence-electron chi connectivity index (χ1n) is 6.48. The molecule has 3 nitrogen and oxygen atoms in total. The number of benzene rings is 1. The minimum Gasteiger partial charge on any atom is -0.383 e. The molecule has 0 bridgehead atoms. The monoisotopic (exact) mass is 291 g/mol. The van der Waals surface area contributed by atoms with Crippen molar-refractivity contribution in [2.75, 3.05) is 5.73 Å². The van der Waals surface area contributed by atoms with E-state index in [9.17, 15) is 4.39 Å². The van der Waals surface area contributed by atoms with Crippen LogP contribution >= 0.6 is 11.8 Å². The SMILES string of the molecule is Cc1nc(CSc2ccc(F)cc2)nc(N)c1C(C)C. The van der Waals surface area contributed by atoms with Crippen LogP contribution in [0, 0.1) is 12.7 Å². The lowest BCUT2D eigenvalue weighted by molar-refractivity contribution is 0.626. The number of aryl methyl sites for hydroxylation is 1. The van der Waals surface area contributed by atoms with E-state index in [1.54, 1.807) is 23.9 Å². The van der Waals surface area contributed by atoms with E-state index in [1.165, 1.54) is 12.1 Å². The van der Waals surface area contributed by atoms with Crippen molar-refractivity contribution in [3.63, 3.8) is 0 Å². The summed E-state index contributed by atoms with van der Waals surface area (Å²) in [4.78, 5) is 9.85. The van der Waals surface area contributed by atoms with Gasteiger partial charge in [0.25, 0.3) is 0 Å². The van der Waals surface area contributed by atoms with Gasteiger partial charge in [0.1, 0.15) is 17.5 Å². The van der Waals surface area contributed by atoms with Gasteiger partial charge in [-0.1, -0.05) is 13.8 Å². The predicted octanol–water partition coefficient (Wildman–Crippen LogP) is 3.92. The van der Waals surface area contributed by atoms with Gasteiger partial charge in [-0.05, 0) is 37.1 Å². The number of halogens is 1. The maximum Gasteiger partial charge on any atom is 0.141 e. The molecule has 2 rings (SSSR count). The van der Waals surface area contributed by atoms with Crippen LogP contribution in [0.25, 0.3) is 0 Å². The normalized spacial score (nSPS) is 11.1. The molecule has 0 atom stereocenters. The second kappa shape index (κ2) is 6.22. The van der Waals surface area contributed by atoms with Crippen molar-refractivity contribution in [2.24, 2.45) is 0 Å². The van der Waals surface area contributed by atoms with Crippen LogP contribution in [0.2, 0.25) is 0 Å². The molecule has 0 amide bonds. The van der Waals surface area contributed by atoms with Crippen LogP contribution in [0.5, 0.6) is 0 Å². The minimum atomic E-state index is -0.230. The van der Waals surface area contributed by atoms with E-state index < -0.39 is 0 Å². The molecule has 0 aliphatic heterocycles. The summed E-state index contributed by atoms with van der Waals surface area (Å²) in [5, 5.41) is 0. The van der Waals surface area contributed by atoms with Crippen molar-refractivity contribution in [3.8, 4) is 0 Å². The van der Waals surface area contributed by atoms with E-state index in [-0.39, 0.29) is 5.82 Å². The summed E-state index contributed by atoms with van der Waals surface area (Å²) in [6.45, 7) is 6.11. The van der Waals surface area contributed by atoms with Crippen LogP contribution in [0.15, 0.2) is 29.2 Å². The van der Waals surface area contributed by atoms with Gasteiger partial charge >= 0.3 is 0 Å². The number of aromatic nitrogens is 2. The third-order valence-corrected chi connectivity index (χ3v) is 3.98. The quantitative estimate of drug-likeness (QED) is 0.867. The Balaban J connectivity index is 2.12. The molecule has 0 radical (unpaired) electrons. The van der Waals surface area contributed by atoms with E-state index in [0.29, 0.717) is 23.3 Å². The largest absolute Gasteiger partial charge is 0.383 e. The Morgan fingerprint density at radius 3 is 2.40 bits per heavy atom. The topological polar surface area (TPSA) is 51.8 Å². The molecule has 20 heavy (non-hydrogen) atoms. The van der Waals surface area contributed by atoms with E-state index in [1.807, 2.05) is 6.92 Å². The minimum absolute atomic E-state index is 0.230. The van der Waals surface area contributed by atoms with Crippen LogP contribution in [-0.4, -0.2) is 9.97 Å². The van der Waals surface area contributed by atoms with Crippen molar-refractivity contribution < 1.29 is 4.39 Å². The summed E-state index contributed by atoms with van der Waals surface area (Å²) in [5.74, 6) is 1.97. The van der Waals surface area contributed by atoms with Gasteiger partial charge in [-0.3, -0.25) is 0 Å². The third-order valence-electron chi connectivity index (χ3n) is 2.97. The molecular formula is C15H18FN3S. The Kier molecular flexibility index (Phi) is 4.60. The Bertz CT molecular complexity index is 574. The number of nitrogens with two attached hydrogens (primary N) is 1. The van der Waals surface area contributed by atoms with E-state index >= 15 is 0 Å². The lowest BCUT2D eigenvalue weighted by Gasteiger charge is -2.13. The van der Waals surface area contributed by atoms with Crippen LogP contribution in [0.4, 0.5) is 10.2 Å². The standard InChI is InChI=1S/C15H18FN3S/c1-9(2)14-10(3)18-13(19-15(14)17)8-20-12-6-4-11(16)5-7-12/h4-7,9H,8H2,1-3H3,(H2,17,18,19). The first-order chi connectivity index (χ1) is 9.47. The van der Waals surface area contributed by atoms with Crippen LogP contribution in [0.1, 0.15) is 36.8 Å². The molecule has 0 spiro atoms. The number of nitrogens with zero attached hydrogens (tertiary/aromatic N) is 2. The highest BCUT2D eigenvalue weighted by Crippen LogP contribution is 2.26. The number of anilines is 1. The number of nitrogen functional groups attached to an aromatic ring is 1. The van der Waals surface area contributed by atoms with Gasteiger partial charge in [0.05, 0.1) is 5.75 Å². The number of thioether (sulfide) groups is 1. The highest BCUT2D eigenvalue weighted by molar-refractivity contribution is 7.98. The zero-order valence-corrected chi connectivity index (χ0v) is 12.7. The molecular weight excluding hydrogens is 273 g/mol. The van der Waals surface area contributed by atoms with Crippen LogP contribution < -0.4 is 5.73 Å². The van der Waals surface area contributed by atoms with Crippen molar-refractivity contribution in [1.82, 2.24) is 9.97 Å². The fourth-order valence-corrected chi connectivity index (χ4v) is 2.87. The van der Waals surface area contributed by atoms with Crippen LogP contribution in [0.3, 0.4) is 0 Å². The summed E-state index contributed by atoms with van der Waals surface area (Å²) in [6.07, 6.45) is 0. The molecule has 106 valence electrons. The van der Waals surface area contributed by atoms with Gasteiger partial charge < -0.3 is 5.73 Å². The Morgan fingerprint density at radius 2 is 1.85 bits per heavy atom. The smallest absolute Gasteiger partial charge is 0.141 e. The fraction of sp³-hybridized carbons (Fsp3) is 0.333. The van der Waals surface area contributed by atoms with E-state index in [4.69, 9.17) is 5.73 Å². The molecule has 0 saturated heterocycles. The second-order valence-electron chi connectivity index (χ2n) is 4.92. The van der Waals surface area contributed by atoms with Gasteiger partial charge in [0, 0.05) is 16.2 Å². The molecule has 2 N–H and O–H groups in total. The molecule has 1 heterocycles. The van der Waals surface area contributed by atoms with Gasteiger partial charge in [0.15, 0.2) is 0 Å². The summed E-state index contributed by atoms with van der Waals surface area (Å²) in [5.41, 5.74) is 7.95. The summed E-state index contributed by atoms with van der Waals surface area (Å²) >= 11 is 1.57. The summed E-state index contributed by atoms with van der Waals surface area (Å²) in [7, 11) is 0. The van der Waals surface area contributed by atoms with Crippen molar-refractivity contribution in [3.05, 3.63) is 47.2 Å². The lowest BCUT2D eigenvalue weighted by Crippen LogP contribution is -2.08. The van der Waals surface area contributed by atoms with Crippen molar-refractivity contribution in [2.45, 2.75) is 37.3 Å². The molecule has 1 aromatic carbocycles. The Labute approximate surface area is 122 Å². The predicted molar refractivity (Wildman–Crippen MR) is 81.2 cm³/mol. The van der Waals surface area contributed by atoms with Crippen molar-refractivity contribution >= 4 is 17.6 Å². The first kappa shape index (κ1) is 14.8. The zero-order valence-electron chi connectivity index (χ0n) is 11.9. The maximum atomic E-state index is 12.8. The summed E-state index contributed by atoms with van der Waals surface area (Å²) < 4.78 is 12.8. The molecule has 0 fully saturated rings. The second-order valence-corrected chi connectivity index (χ2v) is 5.97. The number of hydrogen-bond acceptors (Lipinski definition) is 4. The first-order valence-corrected chi connectivity index (χ1v) is 7.47. The van der Waals surface area contributed by atoms with E-state index in [0.717, 1.165) is 16.2 Å². The van der Waals surface area contributed by atoms with Gasteiger partial charge in [-0.15, -0.1) is 11.8 Å². The lowest BCUT2D eigenvalue weighted by atomic mass is 10.0. The maximum absolute atomic E-state index is 12.8. The van der Waals surface area contributed by atoms with Gasteiger partial charge in [-0.2, -0.15) is 0 Å². The van der Waals surface area contributed by atoms with Gasteiger partial charge in [0.2, 0.25) is 0 Å². The fourth-order valence-electron chi connectivity index (χ4n) is 2.12. The molecule has 0 aliphatic carbocycles. The third kappa shape index (κ3) is 3.48. The average molecular weight is 291 g/mol. The summed E-state index contributed by atoms with van der Waals surface area (Å²) in [6, 6.07) is 6.40. The van der Waals surface area contributed by atoms with Crippen LogP contribution in [-0.2, 0) is 5.75 Å². The molecule has 0 unspecified atom stereocenters. The Morgan fingerprint density at radius 1 is 1.20 bits per heavy atom. The van der Waals surface area contributed by atoms with E-state index in [2.05, 4.69) is 23.8 Å².